The largest absolute Gasteiger partial charge is 0.488 e. The molecule has 0 aliphatic heterocycles. The Morgan fingerprint density at radius 3 is 2.67 bits per heavy atom. The molecule has 0 aliphatic rings. The standard InChI is InChI=1S/C17H20F2N2O2S/c1-10(9-23-13-6-5-11(18)7-12(13)19)21-15(22)14-8-20-16(24-14)17(2,3)4/h5-8,10H,9H2,1-4H3,(H,21,22). The first-order chi connectivity index (χ1) is 11.2. The number of nitrogens with zero attached hydrogens (tertiary/aromatic N) is 1. The molecule has 0 radical (unpaired) electrons. The van der Waals surface area contributed by atoms with Crippen molar-refractivity contribution in [2.45, 2.75) is 39.2 Å². The summed E-state index contributed by atoms with van der Waals surface area (Å²) >= 11 is 1.34. The van der Waals surface area contributed by atoms with Crippen molar-refractivity contribution in [1.29, 1.82) is 0 Å². The van der Waals surface area contributed by atoms with Gasteiger partial charge >= 0.3 is 0 Å². The number of aromatic nitrogens is 1. The van der Waals surface area contributed by atoms with Gasteiger partial charge in [-0.15, -0.1) is 11.3 Å². The summed E-state index contributed by atoms with van der Waals surface area (Å²) in [5, 5.41) is 3.65. The lowest BCUT2D eigenvalue weighted by molar-refractivity contribution is 0.0930. The summed E-state index contributed by atoms with van der Waals surface area (Å²) in [5.41, 5.74) is -0.113. The molecular formula is C17H20F2N2O2S. The second-order valence-electron chi connectivity index (χ2n) is 6.54. The van der Waals surface area contributed by atoms with E-state index in [1.54, 1.807) is 13.1 Å². The van der Waals surface area contributed by atoms with Gasteiger partial charge in [-0.2, -0.15) is 0 Å². The molecule has 7 heteroatoms. The fraction of sp³-hybridized carbons (Fsp3) is 0.412. The van der Waals surface area contributed by atoms with Crippen LogP contribution in [0.1, 0.15) is 42.4 Å². The number of ether oxygens (including phenoxy) is 1. The van der Waals surface area contributed by atoms with Gasteiger partial charge in [0.15, 0.2) is 11.6 Å². The van der Waals surface area contributed by atoms with Crippen molar-refractivity contribution in [3.05, 3.63) is 45.9 Å². The average Bonchev–Trinajstić information content (AvgIpc) is 2.96. The molecule has 2 rings (SSSR count). The fourth-order valence-electron chi connectivity index (χ4n) is 1.87. The van der Waals surface area contributed by atoms with Gasteiger partial charge in [0.1, 0.15) is 17.3 Å². The van der Waals surface area contributed by atoms with E-state index in [4.69, 9.17) is 4.74 Å². The third-order valence-electron chi connectivity index (χ3n) is 3.13. The Morgan fingerprint density at radius 1 is 1.38 bits per heavy atom. The van der Waals surface area contributed by atoms with Gasteiger partial charge in [0.05, 0.1) is 17.2 Å². The third-order valence-corrected chi connectivity index (χ3v) is 4.55. The summed E-state index contributed by atoms with van der Waals surface area (Å²) in [4.78, 5) is 17.0. The van der Waals surface area contributed by atoms with E-state index < -0.39 is 11.6 Å². The van der Waals surface area contributed by atoms with Crippen LogP contribution in [0.3, 0.4) is 0 Å². The molecular weight excluding hydrogens is 334 g/mol. The van der Waals surface area contributed by atoms with Crippen LogP contribution in [0.2, 0.25) is 0 Å². The smallest absolute Gasteiger partial charge is 0.263 e. The van der Waals surface area contributed by atoms with Crippen molar-refractivity contribution < 1.29 is 18.3 Å². The maximum atomic E-state index is 13.5. The highest BCUT2D eigenvalue weighted by Crippen LogP contribution is 2.26. The van der Waals surface area contributed by atoms with Crippen LogP contribution in [-0.2, 0) is 5.41 Å². The van der Waals surface area contributed by atoms with Gasteiger partial charge in [-0.3, -0.25) is 4.79 Å². The van der Waals surface area contributed by atoms with Crippen molar-refractivity contribution in [2.75, 3.05) is 6.61 Å². The highest BCUT2D eigenvalue weighted by atomic mass is 32.1. The second kappa shape index (κ2) is 7.25. The Kier molecular flexibility index (Phi) is 5.54. The van der Waals surface area contributed by atoms with Crippen LogP contribution in [-0.4, -0.2) is 23.5 Å². The highest BCUT2D eigenvalue weighted by molar-refractivity contribution is 7.13. The number of nitrogens with one attached hydrogen (secondary N) is 1. The zero-order chi connectivity index (χ0) is 17.9. The predicted octanol–water partition coefficient (Wildman–Crippen LogP) is 3.92. The first-order valence-corrected chi connectivity index (χ1v) is 8.33. The van der Waals surface area contributed by atoms with Gasteiger partial charge in [0, 0.05) is 11.5 Å². The molecule has 1 amide bonds. The number of halogens is 2. The zero-order valence-corrected chi connectivity index (χ0v) is 14.8. The molecule has 0 spiro atoms. The van der Waals surface area contributed by atoms with Gasteiger partial charge < -0.3 is 10.1 Å². The molecule has 1 aromatic heterocycles. The monoisotopic (exact) mass is 354 g/mol. The van der Waals surface area contributed by atoms with Crippen LogP contribution in [0.15, 0.2) is 24.4 Å². The topological polar surface area (TPSA) is 51.2 Å². The average molecular weight is 354 g/mol. The molecule has 4 nitrogen and oxygen atoms in total. The molecule has 2 aromatic rings. The van der Waals surface area contributed by atoms with E-state index in [2.05, 4.69) is 10.3 Å². The third kappa shape index (κ3) is 4.74. The van der Waals surface area contributed by atoms with Gasteiger partial charge in [0.2, 0.25) is 0 Å². The molecule has 1 atom stereocenters. The van der Waals surface area contributed by atoms with Crippen LogP contribution in [0, 0.1) is 11.6 Å². The Morgan fingerprint density at radius 2 is 2.08 bits per heavy atom. The molecule has 1 N–H and O–H groups in total. The maximum absolute atomic E-state index is 13.5. The molecule has 0 saturated carbocycles. The summed E-state index contributed by atoms with van der Waals surface area (Å²) in [5.74, 6) is -1.74. The number of amides is 1. The molecule has 0 aliphatic carbocycles. The summed E-state index contributed by atoms with van der Waals surface area (Å²) < 4.78 is 31.6. The second-order valence-corrected chi connectivity index (χ2v) is 7.57. The van der Waals surface area contributed by atoms with E-state index in [-0.39, 0.29) is 29.7 Å². The Labute approximate surface area is 143 Å². The van der Waals surface area contributed by atoms with Crippen molar-refractivity contribution in [3.63, 3.8) is 0 Å². The normalized spacial score (nSPS) is 12.8. The summed E-state index contributed by atoms with van der Waals surface area (Å²) in [7, 11) is 0. The Bertz CT molecular complexity index is 726. The first kappa shape index (κ1) is 18.3. The lowest BCUT2D eigenvalue weighted by Crippen LogP contribution is -2.36. The number of benzene rings is 1. The number of rotatable bonds is 5. The number of hydrogen-bond acceptors (Lipinski definition) is 4. The molecule has 0 saturated heterocycles. The van der Waals surface area contributed by atoms with E-state index in [1.807, 2.05) is 20.8 Å². The maximum Gasteiger partial charge on any atom is 0.263 e. The van der Waals surface area contributed by atoms with Gasteiger partial charge in [-0.05, 0) is 19.1 Å². The van der Waals surface area contributed by atoms with E-state index in [9.17, 15) is 13.6 Å². The molecule has 1 unspecified atom stereocenters. The molecule has 24 heavy (non-hydrogen) atoms. The minimum Gasteiger partial charge on any atom is -0.488 e. The van der Waals surface area contributed by atoms with E-state index in [0.717, 1.165) is 17.1 Å². The van der Waals surface area contributed by atoms with Crippen molar-refractivity contribution in [3.8, 4) is 5.75 Å². The van der Waals surface area contributed by atoms with Crippen LogP contribution >= 0.6 is 11.3 Å². The van der Waals surface area contributed by atoms with E-state index >= 15 is 0 Å². The van der Waals surface area contributed by atoms with E-state index in [0.29, 0.717) is 4.88 Å². The van der Waals surface area contributed by atoms with Gasteiger partial charge in [0.25, 0.3) is 5.91 Å². The van der Waals surface area contributed by atoms with Crippen molar-refractivity contribution in [1.82, 2.24) is 10.3 Å². The van der Waals surface area contributed by atoms with Crippen LogP contribution in [0.25, 0.3) is 0 Å². The highest BCUT2D eigenvalue weighted by Gasteiger charge is 2.21. The summed E-state index contributed by atoms with van der Waals surface area (Å²) in [6, 6.07) is 2.75. The Hall–Kier alpha value is -2.02. The van der Waals surface area contributed by atoms with Crippen LogP contribution in [0.5, 0.6) is 5.75 Å². The Balaban J connectivity index is 1.91. The lowest BCUT2D eigenvalue weighted by Gasteiger charge is -2.15. The van der Waals surface area contributed by atoms with Gasteiger partial charge in [-0.25, -0.2) is 13.8 Å². The predicted molar refractivity (Wildman–Crippen MR) is 89.6 cm³/mol. The van der Waals surface area contributed by atoms with Crippen LogP contribution in [0.4, 0.5) is 8.78 Å². The first-order valence-electron chi connectivity index (χ1n) is 7.52. The van der Waals surface area contributed by atoms with Crippen molar-refractivity contribution in [2.24, 2.45) is 0 Å². The number of carbonyl (C=O) groups excluding carboxylic acids is 1. The zero-order valence-electron chi connectivity index (χ0n) is 14.0. The number of hydrogen-bond donors (Lipinski definition) is 1. The summed E-state index contributed by atoms with van der Waals surface area (Å²) in [6.45, 7) is 7.90. The minimum absolute atomic E-state index is 0.0506. The number of thiazole rings is 1. The molecule has 1 aromatic carbocycles. The summed E-state index contributed by atoms with van der Waals surface area (Å²) in [6.07, 6.45) is 1.55. The molecule has 0 fully saturated rings. The van der Waals surface area contributed by atoms with Crippen LogP contribution < -0.4 is 10.1 Å². The van der Waals surface area contributed by atoms with Crippen molar-refractivity contribution >= 4 is 17.2 Å². The number of carbonyl (C=O) groups is 1. The fourth-order valence-corrected chi connectivity index (χ4v) is 2.75. The minimum atomic E-state index is -0.772. The molecule has 1 heterocycles. The lowest BCUT2D eigenvalue weighted by atomic mass is 9.98. The quantitative estimate of drug-likeness (QED) is 0.885. The molecule has 130 valence electrons. The molecule has 0 bridgehead atoms. The van der Waals surface area contributed by atoms with Gasteiger partial charge in [-0.1, -0.05) is 20.8 Å². The van der Waals surface area contributed by atoms with E-state index in [1.165, 1.54) is 17.4 Å². The SMILES string of the molecule is CC(COc1ccc(F)cc1F)NC(=O)c1cnc(C(C)(C)C)s1.